The molecule has 3 aromatic carbocycles. The molecule has 1 saturated heterocycles. The van der Waals surface area contributed by atoms with Gasteiger partial charge >= 0.3 is 0 Å². The number of aromatic nitrogens is 2. The molecule has 3 unspecified atom stereocenters. The van der Waals surface area contributed by atoms with Gasteiger partial charge in [-0.2, -0.15) is 4.98 Å². The lowest BCUT2D eigenvalue weighted by Gasteiger charge is -2.40. The van der Waals surface area contributed by atoms with Gasteiger partial charge in [-0.1, -0.05) is 40.2 Å². The number of aliphatic hydroxyl groups is 1. The fourth-order valence-corrected chi connectivity index (χ4v) is 4.59. The second-order valence-electron chi connectivity index (χ2n) is 8.51. The van der Waals surface area contributed by atoms with Crippen LogP contribution in [0.2, 0.25) is 0 Å². The first-order valence-corrected chi connectivity index (χ1v) is 11.9. The average molecular weight is 508 g/mol. The maximum absolute atomic E-state index is 11.3. The second kappa shape index (κ2) is 9.17. The third kappa shape index (κ3) is 4.90. The van der Waals surface area contributed by atoms with Gasteiger partial charge in [-0.25, -0.2) is 0 Å². The highest BCUT2D eigenvalue weighted by molar-refractivity contribution is 9.10. The lowest BCUT2D eigenvalue weighted by molar-refractivity contribution is -0.0257. The zero-order valence-corrected chi connectivity index (χ0v) is 19.9. The van der Waals surface area contributed by atoms with Crippen molar-refractivity contribution in [2.75, 3.05) is 6.54 Å². The number of nitrogens with one attached hydrogen (secondary N) is 2. The van der Waals surface area contributed by atoms with Gasteiger partial charge < -0.3 is 24.9 Å². The summed E-state index contributed by atoms with van der Waals surface area (Å²) >= 11 is 3.46. The first-order valence-electron chi connectivity index (χ1n) is 11.1. The molecule has 0 aliphatic carbocycles. The summed E-state index contributed by atoms with van der Waals surface area (Å²) in [5, 5.41) is 14.8. The summed E-state index contributed by atoms with van der Waals surface area (Å²) < 4.78 is 13.1. The van der Waals surface area contributed by atoms with Crippen molar-refractivity contribution in [3.05, 3.63) is 82.8 Å². The predicted octanol–water partition coefficient (Wildman–Crippen LogP) is 5.52. The zero-order chi connectivity index (χ0) is 22.8. The van der Waals surface area contributed by atoms with Crippen molar-refractivity contribution in [1.29, 1.82) is 0 Å². The van der Waals surface area contributed by atoms with E-state index < -0.39 is 5.60 Å². The summed E-state index contributed by atoms with van der Waals surface area (Å²) in [6.07, 6.45) is 1.14. The Morgan fingerprint density at radius 3 is 2.52 bits per heavy atom. The van der Waals surface area contributed by atoms with Gasteiger partial charge in [-0.3, -0.25) is 0 Å². The van der Waals surface area contributed by atoms with Gasteiger partial charge in [0, 0.05) is 10.5 Å². The van der Waals surface area contributed by atoms with Crippen molar-refractivity contribution >= 4 is 27.0 Å². The number of fused-ring (bicyclic) bond motifs is 1. The summed E-state index contributed by atoms with van der Waals surface area (Å²) in [7, 11) is 0. The SMILES string of the molecule is CC(Oc1ccc(Oc2nc3ccccc3[nH]2)cc1)C1CC(O)(c2ccc(Br)cc2)CCN1. The molecule has 5 rings (SSSR count). The first kappa shape index (κ1) is 21.9. The van der Waals surface area contributed by atoms with E-state index in [1.165, 1.54) is 0 Å². The van der Waals surface area contributed by atoms with E-state index in [9.17, 15) is 5.11 Å². The molecule has 2 heterocycles. The lowest BCUT2D eigenvalue weighted by atomic mass is 9.80. The van der Waals surface area contributed by atoms with Gasteiger partial charge in [0.1, 0.15) is 17.6 Å². The molecule has 7 heteroatoms. The van der Waals surface area contributed by atoms with Gasteiger partial charge in [0.25, 0.3) is 6.01 Å². The third-order valence-corrected chi connectivity index (χ3v) is 6.71. The molecular formula is C26H26BrN3O3. The molecule has 170 valence electrons. The summed E-state index contributed by atoms with van der Waals surface area (Å²) in [6, 6.07) is 23.7. The summed E-state index contributed by atoms with van der Waals surface area (Å²) in [5.74, 6) is 1.42. The lowest BCUT2D eigenvalue weighted by Crippen LogP contribution is -2.52. The number of H-pyrrole nitrogens is 1. The van der Waals surface area contributed by atoms with Crippen molar-refractivity contribution < 1.29 is 14.6 Å². The van der Waals surface area contributed by atoms with Gasteiger partial charge in [0.2, 0.25) is 0 Å². The Kier molecular flexibility index (Phi) is 6.10. The Hall–Kier alpha value is -2.87. The van der Waals surface area contributed by atoms with Gasteiger partial charge in [0.05, 0.1) is 16.6 Å². The van der Waals surface area contributed by atoms with Crippen molar-refractivity contribution in [2.24, 2.45) is 0 Å². The van der Waals surface area contributed by atoms with Crippen molar-refractivity contribution in [2.45, 2.75) is 37.5 Å². The molecular weight excluding hydrogens is 482 g/mol. The van der Waals surface area contributed by atoms with E-state index in [1.807, 2.05) is 79.7 Å². The highest BCUT2D eigenvalue weighted by Gasteiger charge is 2.38. The van der Waals surface area contributed by atoms with Crippen LogP contribution >= 0.6 is 15.9 Å². The molecule has 0 radical (unpaired) electrons. The molecule has 1 aliphatic heterocycles. The summed E-state index contributed by atoms with van der Waals surface area (Å²) in [5.41, 5.74) is 1.88. The number of piperidine rings is 1. The van der Waals surface area contributed by atoms with Gasteiger partial charge in [-0.05, 0) is 80.4 Å². The Morgan fingerprint density at radius 1 is 1.03 bits per heavy atom. The fraction of sp³-hybridized carbons (Fsp3) is 0.269. The van der Waals surface area contributed by atoms with Crippen LogP contribution in [0.3, 0.4) is 0 Å². The summed E-state index contributed by atoms with van der Waals surface area (Å²) in [6.45, 7) is 2.76. The normalized spacial score (nSPS) is 21.6. The molecule has 0 bridgehead atoms. The molecule has 4 aromatic rings. The molecule has 1 aliphatic rings. The largest absolute Gasteiger partial charge is 0.489 e. The second-order valence-corrected chi connectivity index (χ2v) is 9.42. The molecule has 1 aromatic heterocycles. The van der Waals surface area contributed by atoms with E-state index in [-0.39, 0.29) is 12.1 Å². The Balaban J connectivity index is 1.22. The highest BCUT2D eigenvalue weighted by atomic mass is 79.9. The minimum atomic E-state index is -0.863. The van der Waals surface area contributed by atoms with E-state index in [2.05, 4.69) is 31.2 Å². The van der Waals surface area contributed by atoms with E-state index in [4.69, 9.17) is 9.47 Å². The van der Waals surface area contributed by atoms with Crippen LogP contribution in [0.1, 0.15) is 25.3 Å². The number of imidazole rings is 1. The molecule has 0 saturated carbocycles. The Bertz CT molecular complexity index is 1190. The maximum Gasteiger partial charge on any atom is 0.300 e. The van der Waals surface area contributed by atoms with Gasteiger partial charge in [0.15, 0.2) is 0 Å². The van der Waals surface area contributed by atoms with Crippen LogP contribution in [0.4, 0.5) is 0 Å². The minimum Gasteiger partial charge on any atom is -0.489 e. The third-order valence-electron chi connectivity index (χ3n) is 6.18. The van der Waals surface area contributed by atoms with Gasteiger partial charge in [-0.15, -0.1) is 0 Å². The number of hydrogen-bond donors (Lipinski definition) is 3. The van der Waals surface area contributed by atoms with Crippen molar-refractivity contribution in [3.8, 4) is 17.5 Å². The zero-order valence-electron chi connectivity index (χ0n) is 18.3. The minimum absolute atomic E-state index is 0.0267. The van der Waals surface area contributed by atoms with Crippen LogP contribution in [0, 0.1) is 0 Å². The number of nitrogens with zero attached hydrogens (tertiary/aromatic N) is 1. The monoisotopic (exact) mass is 507 g/mol. The molecule has 0 spiro atoms. The molecule has 6 nitrogen and oxygen atoms in total. The van der Waals surface area contributed by atoms with E-state index in [1.54, 1.807) is 0 Å². The van der Waals surface area contributed by atoms with Crippen LogP contribution in [0.25, 0.3) is 11.0 Å². The number of benzene rings is 3. The van der Waals surface area contributed by atoms with E-state index >= 15 is 0 Å². The van der Waals surface area contributed by atoms with Crippen LogP contribution in [0.15, 0.2) is 77.3 Å². The topological polar surface area (TPSA) is 79.4 Å². The first-order chi connectivity index (χ1) is 16.0. The van der Waals surface area contributed by atoms with Crippen molar-refractivity contribution in [1.82, 2.24) is 15.3 Å². The highest BCUT2D eigenvalue weighted by Crippen LogP contribution is 2.35. The number of ether oxygens (including phenoxy) is 2. The molecule has 0 amide bonds. The number of rotatable bonds is 6. The van der Waals surface area contributed by atoms with E-state index in [0.29, 0.717) is 24.6 Å². The van der Waals surface area contributed by atoms with Crippen LogP contribution in [0.5, 0.6) is 17.5 Å². The van der Waals surface area contributed by atoms with Crippen LogP contribution < -0.4 is 14.8 Å². The smallest absolute Gasteiger partial charge is 0.300 e. The van der Waals surface area contributed by atoms with E-state index in [0.717, 1.165) is 33.4 Å². The quantitative estimate of drug-likeness (QED) is 0.320. The number of aromatic amines is 1. The summed E-state index contributed by atoms with van der Waals surface area (Å²) in [4.78, 5) is 7.60. The maximum atomic E-state index is 11.3. The fourth-order valence-electron chi connectivity index (χ4n) is 4.33. The van der Waals surface area contributed by atoms with Crippen LogP contribution in [-0.2, 0) is 5.60 Å². The standard InChI is InChI=1S/C26H26BrN3O3/c1-17(24-16-26(31,14-15-28-24)18-6-8-19(27)9-7-18)32-20-10-12-21(13-11-20)33-25-29-22-4-2-3-5-23(22)30-25/h2-13,17,24,28,31H,14-16H2,1H3,(H,29,30). The number of hydrogen-bond acceptors (Lipinski definition) is 5. The number of para-hydroxylation sites is 2. The predicted molar refractivity (Wildman–Crippen MR) is 132 cm³/mol. The molecule has 33 heavy (non-hydrogen) atoms. The number of halogens is 1. The Labute approximate surface area is 201 Å². The van der Waals surface area contributed by atoms with Crippen LogP contribution in [-0.4, -0.2) is 33.8 Å². The molecule has 3 N–H and O–H groups in total. The van der Waals surface area contributed by atoms with Crippen molar-refractivity contribution in [3.63, 3.8) is 0 Å². The molecule has 3 atom stereocenters. The average Bonchev–Trinajstić information content (AvgIpc) is 3.23. The Morgan fingerprint density at radius 2 is 1.76 bits per heavy atom. The molecule has 1 fully saturated rings.